The predicted molar refractivity (Wildman–Crippen MR) is 80.6 cm³/mol. The van der Waals surface area contributed by atoms with Crippen LogP contribution < -0.4 is 5.32 Å². The average Bonchev–Trinajstić information content (AvgIpc) is 2.47. The van der Waals surface area contributed by atoms with Crippen molar-refractivity contribution in [3.05, 3.63) is 30.3 Å². The van der Waals surface area contributed by atoms with Gasteiger partial charge in [0.05, 0.1) is 0 Å². The topological polar surface area (TPSA) is 24.5 Å². The minimum absolute atomic E-state index is 0.781. The Morgan fingerprint density at radius 1 is 1.21 bits per heavy atom. The van der Waals surface area contributed by atoms with Gasteiger partial charge >= 0.3 is 0 Å². The molecule has 106 valence electrons. The Kier molecular flexibility index (Phi) is 6.18. The zero-order chi connectivity index (χ0) is 13.3. The minimum atomic E-state index is 0.781. The molecule has 0 spiro atoms. The molecule has 0 aliphatic carbocycles. The van der Waals surface area contributed by atoms with Gasteiger partial charge in [0.15, 0.2) is 0 Å². The van der Waals surface area contributed by atoms with E-state index < -0.39 is 0 Å². The molecule has 0 saturated carbocycles. The first kappa shape index (κ1) is 14.4. The van der Waals surface area contributed by atoms with E-state index in [0.29, 0.717) is 0 Å². The Hall–Kier alpha value is -1.06. The number of rotatable bonds is 7. The molecule has 0 radical (unpaired) electrons. The van der Waals surface area contributed by atoms with Gasteiger partial charge in [-0.15, -0.1) is 0 Å². The molecule has 19 heavy (non-hydrogen) atoms. The zero-order valence-corrected chi connectivity index (χ0v) is 12.0. The van der Waals surface area contributed by atoms with Crippen LogP contribution >= 0.6 is 0 Å². The number of ether oxygens (including phenoxy) is 1. The number of nitrogens with zero attached hydrogens (tertiary/aromatic N) is 1. The Morgan fingerprint density at radius 2 is 1.95 bits per heavy atom. The number of anilines is 1. The number of hydrogen-bond acceptors (Lipinski definition) is 3. The molecule has 1 heterocycles. The van der Waals surface area contributed by atoms with E-state index in [0.717, 1.165) is 19.1 Å². The van der Waals surface area contributed by atoms with Gasteiger partial charge in [0.25, 0.3) is 0 Å². The lowest BCUT2D eigenvalue weighted by Gasteiger charge is -2.31. The largest absolute Gasteiger partial charge is 0.385 e. The van der Waals surface area contributed by atoms with E-state index in [1.807, 2.05) is 7.11 Å². The van der Waals surface area contributed by atoms with Crippen LogP contribution in [0.5, 0.6) is 0 Å². The molecule has 1 aromatic rings. The second kappa shape index (κ2) is 8.18. The summed E-state index contributed by atoms with van der Waals surface area (Å²) >= 11 is 0. The second-order valence-electron chi connectivity index (χ2n) is 5.39. The highest BCUT2D eigenvalue weighted by atomic mass is 16.5. The van der Waals surface area contributed by atoms with Crippen LogP contribution in [0, 0.1) is 5.92 Å². The van der Waals surface area contributed by atoms with Crippen LogP contribution in [0.15, 0.2) is 30.3 Å². The van der Waals surface area contributed by atoms with Crippen LogP contribution in [-0.2, 0) is 4.74 Å². The summed E-state index contributed by atoms with van der Waals surface area (Å²) in [4.78, 5) is 2.58. The molecule has 3 nitrogen and oxygen atoms in total. The van der Waals surface area contributed by atoms with Crippen LogP contribution in [0.3, 0.4) is 0 Å². The molecule has 1 aliphatic heterocycles. The van der Waals surface area contributed by atoms with Gasteiger partial charge in [0.2, 0.25) is 0 Å². The van der Waals surface area contributed by atoms with E-state index in [2.05, 4.69) is 40.5 Å². The van der Waals surface area contributed by atoms with Gasteiger partial charge in [-0.05, 0) is 56.9 Å². The van der Waals surface area contributed by atoms with Gasteiger partial charge in [-0.1, -0.05) is 18.2 Å². The fraction of sp³-hybridized carbons (Fsp3) is 0.625. The Labute approximate surface area is 116 Å². The first-order valence-corrected chi connectivity index (χ1v) is 7.38. The molecule has 3 heteroatoms. The molecule has 1 saturated heterocycles. The van der Waals surface area contributed by atoms with Gasteiger partial charge < -0.3 is 15.0 Å². The molecule has 0 aromatic heterocycles. The van der Waals surface area contributed by atoms with Gasteiger partial charge in [-0.25, -0.2) is 0 Å². The SMILES string of the molecule is COCC1CCN(CCCNc2ccccc2)CC1. The predicted octanol–water partition coefficient (Wildman–Crippen LogP) is 2.85. The normalized spacial score (nSPS) is 17.5. The minimum Gasteiger partial charge on any atom is -0.385 e. The van der Waals surface area contributed by atoms with Crippen molar-refractivity contribution in [2.75, 3.05) is 45.2 Å². The van der Waals surface area contributed by atoms with Crippen molar-refractivity contribution in [1.29, 1.82) is 0 Å². The van der Waals surface area contributed by atoms with E-state index in [1.54, 1.807) is 0 Å². The van der Waals surface area contributed by atoms with Crippen LogP contribution in [0.2, 0.25) is 0 Å². The molecular weight excluding hydrogens is 236 g/mol. The highest BCUT2D eigenvalue weighted by Gasteiger charge is 2.18. The maximum absolute atomic E-state index is 5.24. The molecule has 1 aromatic carbocycles. The lowest BCUT2D eigenvalue weighted by molar-refractivity contribution is 0.0994. The van der Waals surface area contributed by atoms with E-state index in [4.69, 9.17) is 4.74 Å². The summed E-state index contributed by atoms with van der Waals surface area (Å²) in [6, 6.07) is 10.4. The van der Waals surface area contributed by atoms with E-state index in [-0.39, 0.29) is 0 Å². The Bertz CT molecular complexity index is 334. The number of piperidine rings is 1. The second-order valence-corrected chi connectivity index (χ2v) is 5.39. The van der Waals surface area contributed by atoms with E-state index >= 15 is 0 Å². The van der Waals surface area contributed by atoms with Crippen molar-refractivity contribution < 1.29 is 4.74 Å². The number of benzene rings is 1. The molecular formula is C16H26N2O. The summed E-state index contributed by atoms with van der Waals surface area (Å²) in [5.41, 5.74) is 1.22. The molecule has 0 bridgehead atoms. The first-order valence-electron chi connectivity index (χ1n) is 7.38. The van der Waals surface area contributed by atoms with Crippen LogP contribution in [0.25, 0.3) is 0 Å². The third kappa shape index (κ3) is 5.21. The summed E-state index contributed by atoms with van der Waals surface area (Å²) in [5, 5.41) is 3.47. The van der Waals surface area contributed by atoms with Crippen molar-refractivity contribution in [2.45, 2.75) is 19.3 Å². The third-order valence-corrected chi connectivity index (χ3v) is 3.86. The van der Waals surface area contributed by atoms with Gasteiger partial charge in [-0.3, -0.25) is 0 Å². The average molecular weight is 262 g/mol. The molecule has 0 amide bonds. The third-order valence-electron chi connectivity index (χ3n) is 3.86. The van der Waals surface area contributed by atoms with Crippen molar-refractivity contribution in [3.8, 4) is 0 Å². The monoisotopic (exact) mass is 262 g/mol. The lowest BCUT2D eigenvalue weighted by Crippen LogP contribution is -2.36. The van der Waals surface area contributed by atoms with Crippen LogP contribution in [0.4, 0.5) is 5.69 Å². The Morgan fingerprint density at radius 3 is 2.63 bits per heavy atom. The smallest absolute Gasteiger partial charge is 0.0491 e. The number of hydrogen-bond donors (Lipinski definition) is 1. The van der Waals surface area contributed by atoms with Crippen LogP contribution in [0.1, 0.15) is 19.3 Å². The number of likely N-dealkylation sites (tertiary alicyclic amines) is 1. The van der Waals surface area contributed by atoms with Crippen molar-refractivity contribution in [2.24, 2.45) is 5.92 Å². The summed E-state index contributed by atoms with van der Waals surface area (Å²) in [6.07, 6.45) is 3.80. The van der Waals surface area contributed by atoms with E-state index in [1.165, 1.54) is 44.6 Å². The first-order chi connectivity index (χ1) is 9.38. The van der Waals surface area contributed by atoms with Gasteiger partial charge in [-0.2, -0.15) is 0 Å². The van der Waals surface area contributed by atoms with Crippen LogP contribution in [-0.4, -0.2) is 44.8 Å². The summed E-state index contributed by atoms with van der Waals surface area (Å²) < 4.78 is 5.24. The standard InChI is InChI=1S/C16H26N2O/c1-19-14-15-8-12-18(13-9-15)11-5-10-17-16-6-3-2-4-7-16/h2-4,6-7,15,17H,5,8-14H2,1H3. The number of nitrogens with one attached hydrogen (secondary N) is 1. The molecule has 2 rings (SSSR count). The Balaban J connectivity index is 1.55. The van der Waals surface area contributed by atoms with Gasteiger partial charge in [0.1, 0.15) is 0 Å². The molecule has 1 N–H and O–H groups in total. The lowest BCUT2D eigenvalue weighted by atomic mass is 9.98. The zero-order valence-electron chi connectivity index (χ0n) is 12.0. The number of para-hydroxylation sites is 1. The van der Waals surface area contributed by atoms with Crippen molar-refractivity contribution in [3.63, 3.8) is 0 Å². The molecule has 1 aliphatic rings. The fourth-order valence-corrected chi connectivity index (χ4v) is 2.70. The quantitative estimate of drug-likeness (QED) is 0.765. The fourth-order valence-electron chi connectivity index (χ4n) is 2.70. The van der Waals surface area contributed by atoms with E-state index in [9.17, 15) is 0 Å². The van der Waals surface area contributed by atoms with Crippen molar-refractivity contribution >= 4 is 5.69 Å². The summed E-state index contributed by atoms with van der Waals surface area (Å²) in [6.45, 7) is 5.67. The van der Waals surface area contributed by atoms with Crippen molar-refractivity contribution in [1.82, 2.24) is 4.90 Å². The molecule has 0 atom stereocenters. The summed E-state index contributed by atoms with van der Waals surface area (Å²) in [5.74, 6) is 0.781. The maximum atomic E-state index is 5.24. The summed E-state index contributed by atoms with van der Waals surface area (Å²) in [7, 11) is 1.81. The maximum Gasteiger partial charge on any atom is 0.0491 e. The molecule has 0 unspecified atom stereocenters. The highest BCUT2D eigenvalue weighted by molar-refractivity contribution is 5.42. The highest BCUT2D eigenvalue weighted by Crippen LogP contribution is 2.17. The molecule has 1 fully saturated rings. The number of methoxy groups -OCH3 is 1. The van der Waals surface area contributed by atoms with Gasteiger partial charge in [0, 0.05) is 25.9 Å².